The highest BCUT2D eigenvalue weighted by Crippen LogP contribution is 2.20. The minimum atomic E-state index is 0.293. The number of nitrogens with zero attached hydrogens (tertiary/aromatic N) is 2. The molecule has 0 aliphatic heterocycles. The third-order valence-corrected chi connectivity index (χ3v) is 1.52. The standard InChI is InChI=1S/C7H10ClN3O2/c1-5(8)6-7(11-13-10-6)9-3-4-12-2/h1,3-4H2,2H3,(H,9,11). The Morgan fingerprint density at radius 1 is 1.69 bits per heavy atom. The molecule has 0 radical (unpaired) electrons. The first kappa shape index (κ1) is 10.0. The lowest BCUT2D eigenvalue weighted by molar-refractivity contribution is 0.210. The first-order valence-electron chi connectivity index (χ1n) is 3.66. The number of hydrogen-bond donors (Lipinski definition) is 1. The summed E-state index contributed by atoms with van der Waals surface area (Å²) in [5.74, 6) is 0.483. The smallest absolute Gasteiger partial charge is 0.199 e. The first-order valence-corrected chi connectivity index (χ1v) is 4.03. The van der Waals surface area contributed by atoms with E-state index < -0.39 is 0 Å². The third-order valence-electron chi connectivity index (χ3n) is 1.34. The van der Waals surface area contributed by atoms with E-state index >= 15 is 0 Å². The lowest BCUT2D eigenvalue weighted by Gasteiger charge is -2.00. The molecule has 0 atom stereocenters. The average molecular weight is 204 g/mol. The number of ether oxygens (including phenoxy) is 1. The maximum absolute atomic E-state index is 5.63. The molecule has 0 amide bonds. The van der Waals surface area contributed by atoms with Gasteiger partial charge in [0.2, 0.25) is 0 Å². The summed E-state index contributed by atoms with van der Waals surface area (Å²) in [5, 5.41) is 10.4. The largest absolute Gasteiger partial charge is 0.383 e. The molecule has 0 saturated carbocycles. The topological polar surface area (TPSA) is 60.2 Å². The molecule has 1 rings (SSSR count). The lowest BCUT2D eigenvalue weighted by Crippen LogP contribution is -2.08. The van der Waals surface area contributed by atoms with Crippen LogP contribution in [0.1, 0.15) is 5.69 Å². The van der Waals surface area contributed by atoms with Gasteiger partial charge in [0.1, 0.15) is 0 Å². The fourth-order valence-corrected chi connectivity index (χ4v) is 0.878. The number of hydrogen-bond acceptors (Lipinski definition) is 5. The Morgan fingerprint density at radius 2 is 2.46 bits per heavy atom. The molecule has 5 nitrogen and oxygen atoms in total. The number of anilines is 1. The van der Waals surface area contributed by atoms with Gasteiger partial charge < -0.3 is 10.1 Å². The molecule has 1 aromatic rings. The molecule has 6 heteroatoms. The van der Waals surface area contributed by atoms with Gasteiger partial charge in [-0.1, -0.05) is 18.2 Å². The number of nitrogens with one attached hydrogen (secondary N) is 1. The van der Waals surface area contributed by atoms with Crippen molar-refractivity contribution in [2.24, 2.45) is 0 Å². The van der Waals surface area contributed by atoms with Crippen LogP contribution < -0.4 is 5.32 Å². The quantitative estimate of drug-likeness (QED) is 0.732. The van der Waals surface area contributed by atoms with Gasteiger partial charge in [0, 0.05) is 13.7 Å². The van der Waals surface area contributed by atoms with Gasteiger partial charge in [-0.25, -0.2) is 4.63 Å². The predicted octanol–water partition coefficient (Wildman–Crippen LogP) is 1.34. The van der Waals surface area contributed by atoms with Crippen LogP contribution >= 0.6 is 11.6 Å². The minimum absolute atomic E-state index is 0.293. The maximum atomic E-state index is 5.63. The monoisotopic (exact) mass is 203 g/mol. The van der Waals surface area contributed by atoms with Crippen LogP contribution in [0.3, 0.4) is 0 Å². The van der Waals surface area contributed by atoms with Crippen LogP contribution in [0.4, 0.5) is 5.82 Å². The van der Waals surface area contributed by atoms with E-state index in [0.29, 0.717) is 29.7 Å². The first-order chi connectivity index (χ1) is 6.25. The summed E-state index contributed by atoms with van der Waals surface area (Å²) < 4.78 is 9.33. The molecule has 13 heavy (non-hydrogen) atoms. The van der Waals surface area contributed by atoms with Gasteiger partial charge in [-0.15, -0.1) is 0 Å². The van der Waals surface area contributed by atoms with Crippen molar-refractivity contribution in [1.29, 1.82) is 0 Å². The zero-order valence-corrected chi connectivity index (χ0v) is 7.97. The second-order valence-electron chi connectivity index (χ2n) is 2.29. The maximum Gasteiger partial charge on any atom is 0.199 e. The highest BCUT2D eigenvalue weighted by molar-refractivity contribution is 6.48. The predicted molar refractivity (Wildman–Crippen MR) is 49.6 cm³/mol. The Labute approximate surface area is 80.7 Å². The Morgan fingerprint density at radius 3 is 3.08 bits per heavy atom. The minimum Gasteiger partial charge on any atom is -0.383 e. The molecule has 72 valence electrons. The van der Waals surface area contributed by atoms with E-state index in [0.717, 1.165) is 0 Å². The van der Waals surface area contributed by atoms with Crippen LogP contribution in [0.2, 0.25) is 0 Å². The summed E-state index contributed by atoms with van der Waals surface area (Å²) in [6.45, 7) is 4.70. The van der Waals surface area contributed by atoms with Crippen molar-refractivity contribution in [3.05, 3.63) is 12.3 Å². The molecule has 1 N–H and O–H groups in total. The fourth-order valence-electron chi connectivity index (χ4n) is 0.754. The number of methoxy groups -OCH3 is 1. The van der Waals surface area contributed by atoms with E-state index in [2.05, 4.69) is 26.8 Å². The van der Waals surface area contributed by atoms with Crippen LogP contribution in [0.25, 0.3) is 5.03 Å². The Hall–Kier alpha value is -1.07. The van der Waals surface area contributed by atoms with E-state index in [9.17, 15) is 0 Å². The van der Waals surface area contributed by atoms with Crippen LogP contribution in [0.15, 0.2) is 11.2 Å². The summed E-state index contributed by atoms with van der Waals surface area (Å²) in [6, 6.07) is 0. The summed E-state index contributed by atoms with van der Waals surface area (Å²) in [4.78, 5) is 0. The van der Waals surface area contributed by atoms with Crippen LogP contribution in [0.5, 0.6) is 0 Å². The van der Waals surface area contributed by atoms with Crippen LogP contribution in [-0.2, 0) is 4.74 Å². The molecule has 0 aliphatic rings. The third kappa shape index (κ3) is 2.71. The number of rotatable bonds is 5. The Bertz CT molecular complexity index is 287. The average Bonchev–Trinajstić information content (AvgIpc) is 2.53. The van der Waals surface area contributed by atoms with Gasteiger partial charge in [0.15, 0.2) is 11.5 Å². The van der Waals surface area contributed by atoms with Crippen LogP contribution in [0, 0.1) is 0 Å². The van der Waals surface area contributed by atoms with E-state index in [1.165, 1.54) is 0 Å². The van der Waals surface area contributed by atoms with Crippen molar-refractivity contribution in [3.63, 3.8) is 0 Å². The van der Waals surface area contributed by atoms with Crippen molar-refractivity contribution in [3.8, 4) is 0 Å². The lowest BCUT2D eigenvalue weighted by atomic mass is 10.4. The highest BCUT2D eigenvalue weighted by atomic mass is 35.5. The number of halogens is 1. The SMILES string of the molecule is C=C(Cl)c1nonc1NCCOC. The molecule has 1 heterocycles. The van der Waals surface area contributed by atoms with Crippen molar-refractivity contribution >= 4 is 22.5 Å². The van der Waals surface area contributed by atoms with Gasteiger partial charge in [-0.05, 0) is 10.3 Å². The van der Waals surface area contributed by atoms with Crippen molar-refractivity contribution in [1.82, 2.24) is 10.3 Å². The van der Waals surface area contributed by atoms with E-state index in [-0.39, 0.29) is 0 Å². The molecule has 0 bridgehead atoms. The van der Waals surface area contributed by atoms with E-state index in [4.69, 9.17) is 16.3 Å². The molecule has 0 fully saturated rings. The molecule has 0 saturated heterocycles. The second-order valence-corrected chi connectivity index (χ2v) is 2.74. The summed E-state index contributed by atoms with van der Waals surface area (Å²) in [5.41, 5.74) is 0.428. The molecular weight excluding hydrogens is 194 g/mol. The van der Waals surface area contributed by atoms with Crippen molar-refractivity contribution < 1.29 is 9.37 Å². The van der Waals surface area contributed by atoms with Gasteiger partial charge in [0.05, 0.1) is 11.6 Å². The van der Waals surface area contributed by atoms with Gasteiger partial charge in [-0.2, -0.15) is 0 Å². The summed E-state index contributed by atoms with van der Waals surface area (Å²) in [6.07, 6.45) is 0. The fraction of sp³-hybridized carbons (Fsp3) is 0.429. The number of aromatic nitrogens is 2. The summed E-state index contributed by atoms with van der Waals surface area (Å²) in [7, 11) is 1.62. The molecule has 1 aromatic heterocycles. The molecular formula is C7H10ClN3O2. The van der Waals surface area contributed by atoms with Gasteiger partial charge >= 0.3 is 0 Å². The van der Waals surface area contributed by atoms with Gasteiger partial charge in [-0.3, -0.25) is 0 Å². The van der Waals surface area contributed by atoms with Gasteiger partial charge in [0.25, 0.3) is 0 Å². The highest BCUT2D eigenvalue weighted by Gasteiger charge is 2.10. The molecule has 0 aromatic carbocycles. The Kier molecular flexibility index (Phi) is 3.72. The van der Waals surface area contributed by atoms with E-state index in [1.807, 2.05) is 0 Å². The molecule has 0 aliphatic carbocycles. The van der Waals surface area contributed by atoms with Crippen molar-refractivity contribution in [2.45, 2.75) is 0 Å². The van der Waals surface area contributed by atoms with Crippen LogP contribution in [-0.4, -0.2) is 30.6 Å². The second kappa shape index (κ2) is 4.84. The van der Waals surface area contributed by atoms with Crippen molar-refractivity contribution in [2.75, 3.05) is 25.6 Å². The van der Waals surface area contributed by atoms with E-state index in [1.54, 1.807) is 7.11 Å². The molecule has 0 spiro atoms. The molecule has 0 unspecified atom stereocenters. The zero-order chi connectivity index (χ0) is 9.68. The summed E-state index contributed by atoms with van der Waals surface area (Å²) >= 11 is 5.63. The normalized spacial score (nSPS) is 10.0. The zero-order valence-electron chi connectivity index (χ0n) is 7.21. The Balaban J connectivity index is 2.55.